The largest absolute Gasteiger partial charge is 0.478 e. The molecule has 0 atom stereocenters. The number of unbranched alkanes of at least 4 members (excludes halogenated alkanes) is 1. The molecule has 0 bridgehead atoms. The van der Waals surface area contributed by atoms with Crippen molar-refractivity contribution in [3.05, 3.63) is 36.5 Å². The molecule has 26 heavy (non-hydrogen) atoms. The summed E-state index contributed by atoms with van der Waals surface area (Å²) in [7, 11) is 0. The Labute approximate surface area is 157 Å². The Balaban J connectivity index is -0.000000316. The van der Waals surface area contributed by atoms with Crippen LogP contribution in [-0.4, -0.2) is 35.2 Å². The van der Waals surface area contributed by atoms with E-state index in [0.29, 0.717) is 17.8 Å². The zero-order valence-electron chi connectivity index (χ0n) is 17.2. The van der Waals surface area contributed by atoms with Crippen LogP contribution in [0.2, 0.25) is 0 Å². The van der Waals surface area contributed by atoms with Crippen molar-refractivity contribution in [2.45, 2.75) is 66.9 Å². The lowest BCUT2D eigenvalue weighted by molar-refractivity contribution is -0.149. The van der Waals surface area contributed by atoms with E-state index in [1.54, 1.807) is 13.8 Å². The molecule has 6 nitrogen and oxygen atoms in total. The topological polar surface area (TPSA) is 89.9 Å². The fraction of sp³-hybridized carbons (Fsp3) is 0.550. The molecule has 1 N–H and O–H groups in total. The van der Waals surface area contributed by atoms with Gasteiger partial charge in [-0.3, -0.25) is 0 Å². The molecule has 0 aliphatic carbocycles. The van der Waals surface area contributed by atoms with Gasteiger partial charge >= 0.3 is 17.9 Å². The minimum Gasteiger partial charge on any atom is -0.478 e. The van der Waals surface area contributed by atoms with E-state index in [2.05, 4.69) is 26.7 Å². The number of aliphatic carboxylic acids is 1. The fourth-order valence-electron chi connectivity index (χ4n) is 0.798. The van der Waals surface area contributed by atoms with Crippen molar-refractivity contribution in [1.82, 2.24) is 0 Å². The zero-order chi connectivity index (χ0) is 21.5. The van der Waals surface area contributed by atoms with Crippen LogP contribution < -0.4 is 0 Å². The molecule has 0 aromatic rings. The SMILES string of the molecule is C=C(C)C(=O)O.C=C(C)C(=O)OC(C)(C)C.C=C(C)C(=O)OCCCC. The van der Waals surface area contributed by atoms with Gasteiger partial charge in [-0.05, 0) is 48.0 Å². The number of carboxylic acids is 1. The highest BCUT2D eigenvalue weighted by Crippen LogP contribution is 2.09. The Hall–Kier alpha value is -2.37. The average Bonchev–Trinajstić information content (AvgIpc) is 2.46. The molecule has 0 saturated heterocycles. The van der Waals surface area contributed by atoms with Gasteiger partial charge in [-0.25, -0.2) is 14.4 Å². The van der Waals surface area contributed by atoms with E-state index in [4.69, 9.17) is 14.6 Å². The van der Waals surface area contributed by atoms with Crippen molar-refractivity contribution in [2.75, 3.05) is 6.61 Å². The molecular formula is C20H34O6. The first-order valence-corrected chi connectivity index (χ1v) is 8.25. The molecule has 6 heteroatoms. The summed E-state index contributed by atoms with van der Waals surface area (Å²) in [4.78, 5) is 31.1. The first-order chi connectivity index (χ1) is 11.7. The van der Waals surface area contributed by atoms with Crippen molar-refractivity contribution < 1.29 is 29.0 Å². The zero-order valence-corrected chi connectivity index (χ0v) is 17.2. The van der Waals surface area contributed by atoms with E-state index in [9.17, 15) is 14.4 Å². The number of esters is 2. The van der Waals surface area contributed by atoms with Crippen molar-refractivity contribution in [3.63, 3.8) is 0 Å². The first-order valence-electron chi connectivity index (χ1n) is 8.25. The highest BCUT2D eigenvalue weighted by Gasteiger charge is 2.15. The summed E-state index contributed by atoms with van der Waals surface area (Å²) >= 11 is 0. The summed E-state index contributed by atoms with van der Waals surface area (Å²) in [6, 6.07) is 0. The number of carbonyl (C=O) groups excluding carboxylic acids is 2. The third-order valence-electron chi connectivity index (χ3n) is 2.19. The molecule has 0 unspecified atom stereocenters. The lowest BCUT2D eigenvalue weighted by Gasteiger charge is -2.19. The van der Waals surface area contributed by atoms with Gasteiger partial charge in [0.15, 0.2) is 0 Å². The van der Waals surface area contributed by atoms with Crippen LogP contribution in [0.25, 0.3) is 0 Å². The van der Waals surface area contributed by atoms with Crippen molar-refractivity contribution in [2.24, 2.45) is 0 Å². The second kappa shape index (κ2) is 14.9. The quantitative estimate of drug-likeness (QED) is 0.422. The van der Waals surface area contributed by atoms with Gasteiger partial charge in [-0.2, -0.15) is 0 Å². The Morgan fingerprint density at radius 2 is 1.27 bits per heavy atom. The minimum atomic E-state index is -0.935. The van der Waals surface area contributed by atoms with E-state index in [0.717, 1.165) is 12.8 Å². The van der Waals surface area contributed by atoms with Crippen LogP contribution in [0, 0.1) is 0 Å². The smallest absolute Gasteiger partial charge is 0.333 e. The van der Waals surface area contributed by atoms with Crippen LogP contribution >= 0.6 is 0 Å². The summed E-state index contributed by atoms with van der Waals surface area (Å²) in [6.45, 7) is 22.9. The first kappa shape index (κ1) is 28.4. The van der Waals surface area contributed by atoms with Crippen LogP contribution in [0.15, 0.2) is 36.5 Å². The van der Waals surface area contributed by atoms with Gasteiger partial charge < -0.3 is 14.6 Å². The summed E-state index contributed by atoms with van der Waals surface area (Å²) in [5.74, 6) is -1.55. The van der Waals surface area contributed by atoms with Crippen molar-refractivity contribution >= 4 is 17.9 Å². The number of hydrogen-bond acceptors (Lipinski definition) is 5. The van der Waals surface area contributed by atoms with Crippen LogP contribution in [0.5, 0.6) is 0 Å². The lowest BCUT2D eigenvalue weighted by Crippen LogP contribution is -2.23. The van der Waals surface area contributed by atoms with Crippen molar-refractivity contribution in [3.8, 4) is 0 Å². The van der Waals surface area contributed by atoms with Gasteiger partial charge in [-0.15, -0.1) is 0 Å². The van der Waals surface area contributed by atoms with Crippen LogP contribution in [0.4, 0.5) is 0 Å². The minimum absolute atomic E-state index is 0.176. The summed E-state index contributed by atoms with van der Waals surface area (Å²) in [5.41, 5.74) is 0.678. The van der Waals surface area contributed by atoms with E-state index in [1.807, 2.05) is 20.8 Å². The molecule has 0 heterocycles. The molecule has 0 aromatic heterocycles. The van der Waals surface area contributed by atoms with E-state index < -0.39 is 11.6 Å². The number of carbonyl (C=O) groups is 3. The molecule has 0 saturated carbocycles. The molecule has 0 radical (unpaired) electrons. The van der Waals surface area contributed by atoms with Crippen LogP contribution in [0.1, 0.15) is 61.3 Å². The predicted octanol–water partition coefficient (Wildman–Crippen LogP) is 4.46. The third kappa shape index (κ3) is 23.9. The normalized spacial score (nSPS) is 9.35. The number of rotatable bonds is 6. The van der Waals surface area contributed by atoms with Crippen LogP contribution in [0.3, 0.4) is 0 Å². The number of hydrogen-bond donors (Lipinski definition) is 1. The Bertz CT molecular complexity index is 497. The molecule has 150 valence electrons. The third-order valence-corrected chi connectivity index (χ3v) is 2.19. The number of ether oxygens (including phenoxy) is 2. The van der Waals surface area contributed by atoms with Gasteiger partial charge in [0.2, 0.25) is 0 Å². The molecule has 0 aromatic carbocycles. The van der Waals surface area contributed by atoms with E-state index in [1.165, 1.54) is 6.92 Å². The second-order valence-electron chi connectivity index (χ2n) is 6.64. The van der Waals surface area contributed by atoms with Crippen molar-refractivity contribution in [1.29, 1.82) is 0 Å². The maximum absolute atomic E-state index is 10.8. The summed E-state index contributed by atoms with van der Waals surface area (Å²) in [5, 5.41) is 7.89. The number of carboxylic acid groups (broad SMARTS) is 1. The molecule has 0 rings (SSSR count). The monoisotopic (exact) mass is 370 g/mol. The van der Waals surface area contributed by atoms with Gasteiger partial charge in [0.05, 0.1) is 6.61 Å². The summed E-state index contributed by atoms with van der Waals surface area (Å²) < 4.78 is 9.77. The van der Waals surface area contributed by atoms with Gasteiger partial charge in [0.25, 0.3) is 0 Å². The molecule has 0 amide bonds. The Morgan fingerprint density at radius 3 is 1.46 bits per heavy atom. The molecule has 0 aliphatic heterocycles. The predicted molar refractivity (Wildman–Crippen MR) is 104 cm³/mol. The maximum atomic E-state index is 10.8. The van der Waals surface area contributed by atoms with E-state index in [-0.39, 0.29) is 17.5 Å². The van der Waals surface area contributed by atoms with E-state index >= 15 is 0 Å². The average molecular weight is 370 g/mol. The molecule has 0 spiro atoms. The standard InChI is InChI=1S/2C8H14O2.C4H6O2/c1-6(2)7(9)10-8(3,4)5;1-4-5-6-10-8(9)7(2)3;1-3(2)4(5)6/h1H2,2-5H3;2,4-6H2,1,3H3;1H2,2H3,(H,5,6). The van der Waals surface area contributed by atoms with Gasteiger partial charge in [0, 0.05) is 16.7 Å². The fourth-order valence-corrected chi connectivity index (χ4v) is 0.798. The highest BCUT2D eigenvalue weighted by molar-refractivity contribution is 5.87. The Kier molecular flexibility index (Phi) is 16.3. The maximum Gasteiger partial charge on any atom is 0.333 e. The second-order valence-corrected chi connectivity index (χ2v) is 6.64. The molecule has 0 aliphatic rings. The summed E-state index contributed by atoms with van der Waals surface area (Å²) in [6.07, 6.45) is 1.97. The van der Waals surface area contributed by atoms with Gasteiger partial charge in [-0.1, -0.05) is 33.1 Å². The lowest BCUT2D eigenvalue weighted by atomic mass is 10.2. The van der Waals surface area contributed by atoms with Gasteiger partial charge in [0.1, 0.15) is 5.60 Å². The molecule has 0 fully saturated rings. The molecular weight excluding hydrogens is 336 g/mol. The van der Waals surface area contributed by atoms with Crippen LogP contribution in [-0.2, 0) is 23.9 Å². The highest BCUT2D eigenvalue weighted by atomic mass is 16.6. The Morgan fingerprint density at radius 1 is 0.885 bits per heavy atom.